The predicted octanol–water partition coefficient (Wildman–Crippen LogP) is 5.45. The molecule has 2 aromatic carbocycles. The molecule has 0 fully saturated rings. The molecule has 0 aliphatic carbocycles. The van der Waals surface area contributed by atoms with E-state index >= 15 is 0 Å². The number of nitrogens with zero attached hydrogens (tertiary/aromatic N) is 4. The average molecular weight is 551 g/mol. The van der Waals surface area contributed by atoms with Crippen LogP contribution in [-0.2, 0) is 6.61 Å². The summed E-state index contributed by atoms with van der Waals surface area (Å²) in [5, 5.41) is 25.7. The summed E-state index contributed by atoms with van der Waals surface area (Å²) >= 11 is 6.88. The summed E-state index contributed by atoms with van der Waals surface area (Å²) < 4.78 is 7.11. The zero-order valence-electron chi connectivity index (χ0n) is 15.6. The van der Waals surface area contributed by atoms with Crippen LogP contribution in [0.2, 0.25) is 0 Å². The van der Waals surface area contributed by atoms with Crippen molar-refractivity contribution in [2.24, 2.45) is 5.10 Å². The van der Waals surface area contributed by atoms with E-state index < -0.39 is 9.85 Å². The van der Waals surface area contributed by atoms with Crippen LogP contribution >= 0.6 is 31.9 Å². The zero-order chi connectivity index (χ0) is 22.4. The molecule has 158 valence electrons. The van der Waals surface area contributed by atoms with Crippen molar-refractivity contribution in [3.63, 3.8) is 0 Å². The molecule has 0 aliphatic heterocycles. The monoisotopic (exact) mass is 549 g/mol. The van der Waals surface area contributed by atoms with Crippen LogP contribution in [-0.4, -0.2) is 21.0 Å². The number of nitro benzene ring substituents is 1. The van der Waals surface area contributed by atoms with Crippen molar-refractivity contribution >= 4 is 55.3 Å². The second kappa shape index (κ2) is 10.1. The minimum absolute atomic E-state index is 0.0133. The standard InChI is InChI=1S/C19H13Br2N5O5/c20-15-8-13(10-23-24-19-17(26(29)30)2-1-7-22-19)9-16(21)18(15)31-11-12-3-5-14(6-4-12)25(27)28/h1-10H,11H2,(H,22,24)/b23-10-. The molecule has 10 nitrogen and oxygen atoms in total. The van der Waals surface area contributed by atoms with E-state index in [1.54, 1.807) is 24.3 Å². The maximum absolute atomic E-state index is 11.0. The van der Waals surface area contributed by atoms with Crippen LogP contribution in [0.1, 0.15) is 11.1 Å². The number of nitrogens with one attached hydrogen (secondary N) is 1. The summed E-state index contributed by atoms with van der Waals surface area (Å²) in [4.78, 5) is 24.6. The van der Waals surface area contributed by atoms with Gasteiger partial charge in [0.15, 0.2) is 0 Å². The first-order valence-corrected chi connectivity index (χ1v) is 10.2. The van der Waals surface area contributed by atoms with Gasteiger partial charge in [-0.25, -0.2) is 4.98 Å². The maximum atomic E-state index is 11.0. The van der Waals surface area contributed by atoms with Crippen LogP contribution in [0.3, 0.4) is 0 Å². The molecule has 0 amide bonds. The molecule has 0 spiro atoms. The zero-order valence-corrected chi connectivity index (χ0v) is 18.7. The van der Waals surface area contributed by atoms with Gasteiger partial charge in [0.25, 0.3) is 5.69 Å². The number of non-ortho nitro benzene ring substituents is 1. The fraction of sp³-hybridized carbons (Fsp3) is 0.0526. The molecule has 0 saturated carbocycles. The van der Waals surface area contributed by atoms with Crippen molar-refractivity contribution in [2.75, 3.05) is 5.43 Å². The number of benzene rings is 2. The van der Waals surface area contributed by atoms with Crippen molar-refractivity contribution in [2.45, 2.75) is 6.61 Å². The minimum Gasteiger partial charge on any atom is -0.487 e. The number of hydrogen-bond acceptors (Lipinski definition) is 8. The van der Waals surface area contributed by atoms with E-state index in [-0.39, 0.29) is 23.8 Å². The van der Waals surface area contributed by atoms with Crippen molar-refractivity contribution in [3.05, 3.63) is 95.0 Å². The SMILES string of the molecule is O=[N+]([O-])c1ccc(COc2c(Br)cc(/C=N\Nc3ncccc3[N+](=O)[O-])cc2Br)cc1. The Labute approximate surface area is 192 Å². The Kier molecular flexibility index (Phi) is 7.26. The Morgan fingerprint density at radius 2 is 1.74 bits per heavy atom. The molecule has 12 heteroatoms. The predicted molar refractivity (Wildman–Crippen MR) is 121 cm³/mol. The third-order valence-corrected chi connectivity index (χ3v) is 5.10. The average Bonchev–Trinajstić information content (AvgIpc) is 2.73. The number of pyridine rings is 1. The Balaban J connectivity index is 1.68. The molecule has 0 aliphatic rings. The van der Waals surface area contributed by atoms with Crippen molar-refractivity contribution in [1.29, 1.82) is 0 Å². The van der Waals surface area contributed by atoms with Gasteiger partial charge in [0.2, 0.25) is 5.82 Å². The molecule has 1 N–H and O–H groups in total. The summed E-state index contributed by atoms with van der Waals surface area (Å²) in [6.07, 6.45) is 2.91. The molecule has 0 bridgehead atoms. The van der Waals surface area contributed by atoms with Gasteiger partial charge in [0, 0.05) is 24.4 Å². The molecular formula is C19H13Br2N5O5. The Hall–Kier alpha value is -3.38. The first-order chi connectivity index (χ1) is 14.8. The molecule has 0 unspecified atom stereocenters. The van der Waals surface area contributed by atoms with Gasteiger partial charge in [-0.15, -0.1) is 0 Å². The molecule has 1 aromatic heterocycles. The van der Waals surface area contributed by atoms with Crippen molar-refractivity contribution < 1.29 is 14.6 Å². The maximum Gasteiger partial charge on any atom is 0.313 e. The van der Waals surface area contributed by atoms with Gasteiger partial charge in [0.1, 0.15) is 12.4 Å². The van der Waals surface area contributed by atoms with Gasteiger partial charge in [-0.05, 0) is 73.3 Å². The van der Waals surface area contributed by atoms with E-state index in [1.807, 2.05) is 0 Å². The molecule has 3 rings (SSSR count). The number of hydrogen-bond donors (Lipinski definition) is 1. The lowest BCUT2D eigenvalue weighted by molar-refractivity contribution is -0.384. The number of rotatable bonds is 8. The van der Waals surface area contributed by atoms with E-state index in [4.69, 9.17) is 4.74 Å². The van der Waals surface area contributed by atoms with Gasteiger partial charge < -0.3 is 4.74 Å². The van der Waals surface area contributed by atoms with E-state index in [1.165, 1.54) is 36.7 Å². The summed E-state index contributed by atoms with van der Waals surface area (Å²) in [5.74, 6) is 0.578. The lowest BCUT2D eigenvalue weighted by Gasteiger charge is -2.11. The van der Waals surface area contributed by atoms with Crippen LogP contribution in [0.4, 0.5) is 17.2 Å². The van der Waals surface area contributed by atoms with Gasteiger partial charge >= 0.3 is 5.69 Å². The van der Waals surface area contributed by atoms with E-state index in [9.17, 15) is 20.2 Å². The second-order valence-electron chi connectivity index (χ2n) is 6.02. The molecule has 1 heterocycles. The van der Waals surface area contributed by atoms with Gasteiger partial charge in [0.05, 0.1) is 25.0 Å². The van der Waals surface area contributed by atoms with Gasteiger partial charge in [-0.2, -0.15) is 5.10 Å². The number of anilines is 1. The topological polar surface area (TPSA) is 133 Å². The van der Waals surface area contributed by atoms with Crippen molar-refractivity contribution in [1.82, 2.24) is 4.98 Å². The van der Waals surface area contributed by atoms with Crippen LogP contribution in [0.25, 0.3) is 0 Å². The highest BCUT2D eigenvalue weighted by atomic mass is 79.9. The summed E-state index contributed by atoms with van der Waals surface area (Å²) in [6, 6.07) is 12.4. The van der Waals surface area contributed by atoms with E-state index in [0.717, 1.165) is 5.56 Å². The lowest BCUT2D eigenvalue weighted by atomic mass is 10.2. The largest absolute Gasteiger partial charge is 0.487 e. The first-order valence-electron chi connectivity index (χ1n) is 8.59. The first kappa shape index (κ1) is 22.3. The Morgan fingerprint density at radius 1 is 1.06 bits per heavy atom. The molecule has 3 aromatic rings. The van der Waals surface area contributed by atoms with Crippen LogP contribution in [0.5, 0.6) is 5.75 Å². The number of aromatic nitrogens is 1. The van der Waals surface area contributed by atoms with Crippen LogP contribution in [0, 0.1) is 20.2 Å². The number of hydrazone groups is 1. The number of ether oxygens (including phenoxy) is 1. The smallest absolute Gasteiger partial charge is 0.313 e. The minimum atomic E-state index is -0.547. The third-order valence-electron chi connectivity index (χ3n) is 3.92. The number of halogens is 2. The van der Waals surface area contributed by atoms with Crippen molar-refractivity contribution in [3.8, 4) is 5.75 Å². The quantitative estimate of drug-likeness (QED) is 0.224. The molecular weight excluding hydrogens is 538 g/mol. The summed E-state index contributed by atoms with van der Waals surface area (Å²) in [6.45, 7) is 0.216. The van der Waals surface area contributed by atoms with Crippen LogP contribution < -0.4 is 10.2 Å². The Bertz CT molecular complexity index is 1130. The molecule has 31 heavy (non-hydrogen) atoms. The fourth-order valence-electron chi connectivity index (χ4n) is 2.46. The molecule has 0 saturated heterocycles. The summed E-state index contributed by atoms with van der Waals surface area (Å²) in [5.41, 5.74) is 3.85. The highest BCUT2D eigenvalue weighted by molar-refractivity contribution is 9.11. The molecule has 0 radical (unpaired) electrons. The van der Waals surface area contributed by atoms with E-state index in [2.05, 4.69) is 47.4 Å². The molecule has 0 atom stereocenters. The fourth-order valence-corrected chi connectivity index (χ4v) is 3.91. The lowest BCUT2D eigenvalue weighted by Crippen LogP contribution is -2.00. The normalized spacial score (nSPS) is 10.8. The third kappa shape index (κ3) is 5.83. The second-order valence-corrected chi connectivity index (χ2v) is 7.73. The van der Waals surface area contributed by atoms with Crippen LogP contribution in [0.15, 0.2) is 68.8 Å². The Morgan fingerprint density at radius 3 is 2.35 bits per heavy atom. The highest BCUT2D eigenvalue weighted by Crippen LogP contribution is 2.35. The van der Waals surface area contributed by atoms with Gasteiger partial charge in [-0.3, -0.25) is 25.7 Å². The van der Waals surface area contributed by atoms with E-state index in [0.29, 0.717) is 20.3 Å². The van der Waals surface area contributed by atoms with Gasteiger partial charge in [-0.1, -0.05) is 0 Å². The summed E-state index contributed by atoms with van der Waals surface area (Å²) in [7, 11) is 0. The number of nitro groups is 2. The highest BCUT2D eigenvalue weighted by Gasteiger charge is 2.13.